The Morgan fingerprint density at radius 2 is 2.00 bits per heavy atom. The highest BCUT2D eigenvalue weighted by atomic mass is 16.5. The lowest BCUT2D eigenvalue weighted by molar-refractivity contribution is -0.119. The highest BCUT2D eigenvalue weighted by molar-refractivity contribution is 6.07. The third-order valence-electron chi connectivity index (χ3n) is 5.39. The number of carbonyl (C=O) groups is 1. The summed E-state index contributed by atoms with van der Waals surface area (Å²) in [4.78, 5) is 14.6. The number of carbonyl (C=O) groups excluding carboxylic acids is 1. The van der Waals surface area contributed by atoms with Gasteiger partial charge in [0.25, 0.3) is 0 Å². The zero-order valence-corrected chi connectivity index (χ0v) is 15.2. The molecule has 4 nitrogen and oxygen atoms in total. The average molecular weight is 336 g/mol. The van der Waals surface area contributed by atoms with E-state index >= 15 is 0 Å². The van der Waals surface area contributed by atoms with Crippen LogP contribution in [-0.4, -0.2) is 25.6 Å². The number of fused-ring (bicyclic) bond motifs is 3. The maximum Gasteiger partial charge on any atom is 0.234 e. The second-order valence-electron chi connectivity index (χ2n) is 7.67. The van der Waals surface area contributed by atoms with Gasteiger partial charge in [-0.3, -0.25) is 4.79 Å². The van der Waals surface area contributed by atoms with Gasteiger partial charge in [-0.05, 0) is 44.0 Å². The number of para-hydroxylation sites is 1. The normalized spacial score (nSPS) is 19.8. The summed E-state index contributed by atoms with van der Waals surface area (Å²) in [6.45, 7) is 6.82. The molecule has 2 aliphatic heterocycles. The quantitative estimate of drug-likeness (QED) is 0.930. The molecule has 0 saturated carbocycles. The van der Waals surface area contributed by atoms with E-state index in [1.165, 1.54) is 11.3 Å². The predicted molar refractivity (Wildman–Crippen MR) is 101 cm³/mol. The molecule has 0 spiro atoms. The molecule has 4 rings (SSSR count). The molecule has 2 aromatic carbocycles. The molecular formula is C21H24N2O2. The summed E-state index contributed by atoms with van der Waals surface area (Å²) in [7, 11) is 2.09. The number of hydrogen-bond acceptors (Lipinski definition) is 3. The standard InChI is InChI=1S/C21H24N2O2/c1-13-10-14-11-16(12-23(4)15-8-6-5-7-9-15)25-19(14)17-18(13)22-20(24)21(17,2)3/h5-10,16H,11-12H2,1-4H3,(H,22,24). The summed E-state index contributed by atoms with van der Waals surface area (Å²) >= 11 is 0. The van der Waals surface area contributed by atoms with Gasteiger partial charge < -0.3 is 15.0 Å². The van der Waals surface area contributed by atoms with Gasteiger partial charge in [0.2, 0.25) is 5.91 Å². The van der Waals surface area contributed by atoms with Crippen LogP contribution in [0.5, 0.6) is 5.75 Å². The number of benzene rings is 2. The van der Waals surface area contributed by atoms with Crippen molar-refractivity contribution in [3.8, 4) is 5.75 Å². The van der Waals surface area contributed by atoms with E-state index in [-0.39, 0.29) is 12.0 Å². The van der Waals surface area contributed by atoms with Crippen LogP contribution in [0.1, 0.15) is 30.5 Å². The lowest BCUT2D eigenvalue weighted by Crippen LogP contribution is -2.32. The van der Waals surface area contributed by atoms with Gasteiger partial charge in [-0.1, -0.05) is 24.3 Å². The Balaban J connectivity index is 1.62. The van der Waals surface area contributed by atoms with Gasteiger partial charge >= 0.3 is 0 Å². The van der Waals surface area contributed by atoms with Gasteiger partial charge in [-0.15, -0.1) is 0 Å². The van der Waals surface area contributed by atoms with Crippen LogP contribution in [-0.2, 0) is 16.6 Å². The predicted octanol–water partition coefficient (Wildman–Crippen LogP) is 3.66. The van der Waals surface area contributed by atoms with E-state index in [4.69, 9.17) is 4.74 Å². The number of anilines is 2. The van der Waals surface area contributed by atoms with E-state index < -0.39 is 5.41 Å². The van der Waals surface area contributed by atoms with Crippen LogP contribution in [0.3, 0.4) is 0 Å². The van der Waals surface area contributed by atoms with Crippen LogP contribution in [0.25, 0.3) is 0 Å². The van der Waals surface area contributed by atoms with Gasteiger partial charge in [-0.2, -0.15) is 0 Å². The van der Waals surface area contributed by atoms with Crippen molar-refractivity contribution in [3.63, 3.8) is 0 Å². The number of amides is 1. The molecule has 1 unspecified atom stereocenters. The van der Waals surface area contributed by atoms with E-state index in [2.05, 4.69) is 42.4 Å². The number of hydrogen-bond donors (Lipinski definition) is 1. The van der Waals surface area contributed by atoms with Crippen LogP contribution >= 0.6 is 0 Å². The molecule has 130 valence electrons. The monoisotopic (exact) mass is 336 g/mol. The first-order valence-electron chi connectivity index (χ1n) is 8.79. The molecular weight excluding hydrogens is 312 g/mol. The lowest BCUT2D eigenvalue weighted by atomic mass is 9.83. The highest BCUT2D eigenvalue weighted by Gasteiger charge is 2.44. The topological polar surface area (TPSA) is 41.6 Å². The molecule has 1 atom stereocenters. The molecule has 2 aromatic rings. The molecule has 2 heterocycles. The Labute approximate surface area is 148 Å². The van der Waals surface area contributed by atoms with Crippen molar-refractivity contribution in [2.45, 2.75) is 38.7 Å². The molecule has 0 aromatic heterocycles. The molecule has 1 amide bonds. The van der Waals surface area contributed by atoms with Gasteiger partial charge in [0.05, 0.1) is 17.6 Å². The average Bonchev–Trinajstić information content (AvgIpc) is 3.07. The van der Waals surface area contributed by atoms with Gasteiger partial charge in [0.15, 0.2) is 0 Å². The van der Waals surface area contributed by atoms with Gasteiger partial charge in [0.1, 0.15) is 11.9 Å². The summed E-state index contributed by atoms with van der Waals surface area (Å²) in [6, 6.07) is 12.5. The molecule has 0 aliphatic carbocycles. The van der Waals surface area contributed by atoms with E-state index in [1.807, 2.05) is 32.0 Å². The first-order chi connectivity index (χ1) is 11.9. The van der Waals surface area contributed by atoms with Crippen LogP contribution in [0.2, 0.25) is 0 Å². The molecule has 1 N–H and O–H groups in total. The highest BCUT2D eigenvalue weighted by Crippen LogP contribution is 2.49. The SMILES string of the molecule is Cc1cc2c(c3c1NC(=O)C3(C)C)OC(CN(C)c1ccccc1)C2. The zero-order chi connectivity index (χ0) is 17.8. The van der Waals surface area contributed by atoms with Gasteiger partial charge in [0, 0.05) is 24.7 Å². The maximum atomic E-state index is 12.4. The van der Waals surface area contributed by atoms with E-state index in [1.54, 1.807) is 0 Å². The molecule has 25 heavy (non-hydrogen) atoms. The Hall–Kier alpha value is -2.49. The third kappa shape index (κ3) is 2.48. The van der Waals surface area contributed by atoms with Crippen molar-refractivity contribution in [2.24, 2.45) is 0 Å². The van der Waals surface area contributed by atoms with Crippen LogP contribution < -0.4 is 15.0 Å². The fourth-order valence-electron chi connectivity index (χ4n) is 3.95. The van der Waals surface area contributed by atoms with Crippen molar-refractivity contribution in [3.05, 3.63) is 53.1 Å². The number of rotatable bonds is 3. The molecule has 0 bridgehead atoms. The van der Waals surface area contributed by atoms with Crippen molar-refractivity contribution >= 4 is 17.3 Å². The Morgan fingerprint density at radius 1 is 1.28 bits per heavy atom. The molecule has 4 heteroatoms. The number of nitrogens with zero attached hydrogens (tertiary/aromatic N) is 1. The fourth-order valence-corrected chi connectivity index (χ4v) is 3.95. The number of likely N-dealkylation sites (N-methyl/N-ethyl adjacent to an activating group) is 1. The minimum atomic E-state index is -0.550. The second-order valence-corrected chi connectivity index (χ2v) is 7.67. The number of aryl methyl sites for hydroxylation is 1. The summed E-state index contributed by atoms with van der Waals surface area (Å²) in [6.07, 6.45) is 0.975. The number of ether oxygens (including phenoxy) is 1. The largest absolute Gasteiger partial charge is 0.488 e. The zero-order valence-electron chi connectivity index (χ0n) is 15.2. The minimum absolute atomic E-state index is 0.0486. The molecule has 0 radical (unpaired) electrons. The summed E-state index contributed by atoms with van der Waals surface area (Å²) in [5, 5.41) is 3.04. The summed E-state index contributed by atoms with van der Waals surface area (Å²) in [5.41, 5.74) is 4.93. The first kappa shape index (κ1) is 16.0. The minimum Gasteiger partial charge on any atom is -0.488 e. The second kappa shape index (κ2) is 5.51. The van der Waals surface area contributed by atoms with E-state index in [0.29, 0.717) is 0 Å². The Kier molecular flexibility index (Phi) is 3.53. The van der Waals surface area contributed by atoms with Crippen LogP contribution in [0.4, 0.5) is 11.4 Å². The van der Waals surface area contributed by atoms with Crippen molar-refractivity contribution in [1.29, 1.82) is 0 Å². The molecule has 0 saturated heterocycles. The fraction of sp³-hybridized carbons (Fsp3) is 0.381. The van der Waals surface area contributed by atoms with Crippen molar-refractivity contribution in [2.75, 3.05) is 23.8 Å². The van der Waals surface area contributed by atoms with Crippen molar-refractivity contribution in [1.82, 2.24) is 0 Å². The molecule has 2 aliphatic rings. The first-order valence-corrected chi connectivity index (χ1v) is 8.79. The summed E-state index contributed by atoms with van der Waals surface area (Å²) < 4.78 is 6.35. The lowest BCUT2D eigenvalue weighted by Gasteiger charge is -2.24. The smallest absolute Gasteiger partial charge is 0.234 e. The van der Waals surface area contributed by atoms with Crippen molar-refractivity contribution < 1.29 is 9.53 Å². The van der Waals surface area contributed by atoms with Gasteiger partial charge in [-0.25, -0.2) is 0 Å². The third-order valence-corrected chi connectivity index (χ3v) is 5.39. The Bertz CT molecular complexity index is 843. The summed E-state index contributed by atoms with van der Waals surface area (Å²) in [5.74, 6) is 0.961. The van der Waals surface area contributed by atoms with Crippen LogP contribution in [0, 0.1) is 6.92 Å². The van der Waals surface area contributed by atoms with E-state index in [9.17, 15) is 4.79 Å². The molecule has 0 fully saturated rings. The van der Waals surface area contributed by atoms with Crippen LogP contribution in [0.15, 0.2) is 36.4 Å². The van der Waals surface area contributed by atoms with E-state index in [0.717, 1.165) is 35.5 Å². The Morgan fingerprint density at radius 3 is 2.72 bits per heavy atom. The number of nitrogens with one attached hydrogen (secondary N) is 1. The maximum absolute atomic E-state index is 12.4.